The highest BCUT2D eigenvalue weighted by molar-refractivity contribution is 5.99. The number of carbonyl (C=O) groups excluding carboxylic acids is 1. The third-order valence-corrected chi connectivity index (χ3v) is 4.83. The van der Waals surface area contributed by atoms with Crippen molar-refractivity contribution < 1.29 is 14.3 Å². The lowest BCUT2D eigenvalue weighted by molar-refractivity contribution is -0.129. The van der Waals surface area contributed by atoms with Gasteiger partial charge in [0.05, 0.1) is 6.21 Å². The molecule has 0 spiro atoms. The fourth-order valence-electron chi connectivity index (χ4n) is 3.31. The number of benzene rings is 3. The molecule has 0 saturated carbocycles. The van der Waals surface area contributed by atoms with Crippen LogP contribution in [0.4, 0.5) is 4.39 Å². The Morgan fingerprint density at radius 2 is 1.73 bits per heavy atom. The van der Waals surface area contributed by atoms with E-state index in [1.165, 1.54) is 12.1 Å². The van der Waals surface area contributed by atoms with Crippen LogP contribution < -0.4 is 5.43 Å². The molecule has 0 bridgehead atoms. The first-order chi connectivity index (χ1) is 14.6. The number of nitrogens with one attached hydrogen (secondary N) is 1. The van der Waals surface area contributed by atoms with E-state index in [1.54, 1.807) is 42.6 Å². The molecule has 1 amide bonds. The summed E-state index contributed by atoms with van der Waals surface area (Å²) in [5.74, 6) is -0.870. The Bertz CT molecular complexity index is 1180. The predicted octanol–water partition coefficient (Wildman–Crippen LogP) is 4.01. The molecule has 0 aliphatic rings. The van der Waals surface area contributed by atoms with Gasteiger partial charge in [-0.05, 0) is 29.3 Å². The molecule has 1 atom stereocenters. The van der Waals surface area contributed by atoms with Crippen LogP contribution in [0.1, 0.15) is 22.8 Å². The molecule has 0 radical (unpaired) electrons. The predicted molar refractivity (Wildman–Crippen MR) is 115 cm³/mol. The number of amides is 1. The number of nitrogens with zero attached hydrogens (tertiary/aromatic N) is 2. The normalized spacial score (nSPS) is 12.3. The number of hydrazone groups is 1. The summed E-state index contributed by atoms with van der Waals surface area (Å²) in [6, 6.07) is 22.9. The zero-order chi connectivity index (χ0) is 20.9. The van der Waals surface area contributed by atoms with Crippen LogP contribution in [0.5, 0.6) is 0 Å². The number of carbonyl (C=O) groups is 1. The highest BCUT2D eigenvalue weighted by Gasteiger charge is 2.16. The standard InChI is InChI=1S/C24H20FN3O2/c25-20-12-10-17(11-13-20)15-28-16-19(21-8-4-5-9-22(21)28)14-26-27-24(30)23(29)18-6-2-1-3-7-18/h1-14,16,23,29H,15H2,(H,27,30)/b26-14-/t23-/m0/s1. The first-order valence-electron chi connectivity index (χ1n) is 9.50. The van der Waals surface area contributed by atoms with E-state index < -0.39 is 12.0 Å². The fraction of sp³-hybridized carbons (Fsp3) is 0.0833. The molecule has 0 aliphatic heterocycles. The topological polar surface area (TPSA) is 66.6 Å². The van der Waals surface area contributed by atoms with Gasteiger partial charge in [0.15, 0.2) is 6.10 Å². The van der Waals surface area contributed by atoms with E-state index >= 15 is 0 Å². The van der Waals surface area contributed by atoms with Gasteiger partial charge >= 0.3 is 0 Å². The highest BCUT2D eigenvalue weighted by atomic mass is 19.1. The molecule has 30 heavy (non-hydrogen) atoms. The van der Waals surface area contributed by atoms with Gasteiger partial charge in [0.25, 0.3) is 5.91 Å². The number of hydrogen-bond acceptors (Lipinski definition) is 3. The number of hydrogen-bond donors (Lipinski definition) is 2. The molecule has 4 aromatic rings. The monoisotopic (exact) mass is 401 g/mol. The van der Waals surface area contributed by atoms with Crippen molar-refractivity contribution in [1.82, 2.24) is 9.99 Å². The lowest BCUT2D eigenvalue weighted by Gasteiger charge is -2.08. The summed E-state index contributed by atoms with van der Waals surface area (Å²) in [5, 5.41) is 15.1. The molecule has 0 unspecified atom stereocenters. The third kappa shape index (κ3) is 4.29. The van der Waals surface area contributed by atoms with Crippen molar-refractivity contribution in [3.8, 4) is 0 Å². The van der Waals surface area contributed by atoms with Crippen molar-refractivity contribution in [1.29, 1.82) is 0 Å². The summed E-state index contributed by atoms with van der Waals surface area (Å²) in [6.07, 6.45) is 2.19. The molecule has 1 aromatic heterocycles. The van der Waals surface area contributed by atoms with Crippen LogP contribution in [0.2, 0.25) is 0 Å². The Labute approximate surface area is 173 Å². The maximum atomic E-state index is 13.2. The minimum Gasteiger partial charge on any atom is -0.378 e. The molecule has 6 heteroatoms. The summed E-state index contributed by atoms with van der Waals surface area (Å²) in [5.41, 5.74) is 5.68. The molecule has 2 N–H and O–H groups in total. The van der Waals surface area contributed by atoms with Crippen LogP contribution in [-0.2, 0) is 11.3 Å². The van der Waals surface area contributed by atoms with Gasteiger partial charge in [-0.2, -0.15) is 5.10 Å². The molecule has 0 fully saturated rings. The summed E-state index contributed by atoms with van der Waals surface area (Å²) in [6.45, 7) is 0.577. The Balaban J connectivity index is 1.52. The van der Waals surface area contributed by atoms with Gasteiger partial charge in [-0.1, -0.05) is 60.7 Å². The third-order valence-electron chi connectivity index (χ3n) is 4.83. The molecule has 0 aliphatic carbocycles. The van der Waals surface area contributed by atoms with Gasteiger partial charge in [0.2, 0.25) is 0 Å². The number of fused-ring (bicyclic) bond motifs is 1. The van der Waals surface area contributed by atoms with Gasteiger partial charge in [-0.25, -0.2) is 9.82 Å². The fourth-order valence-corrected chi connectivity index (χ4v) is 3.31. The van der Waals surface area contributed by atoms with Crippen molar-refractivity contribution in [2.75, 3.05) is 0 Å². The smallest absolute Gasteiger partial charge is 0.273 e. The maximum absolute atomic E-state index is 13.2. The second-order valence-corrected chi connectivity index (χ2v) is 6.90. The van der Waals surface area contributed by atoms with E-state index in [1.807, 2.05) is 41.1 Å². The average molecular weight is 401 g/mol. The van der Waals surface area contributed by atoms with Crippen LogP contribution in [-0.4, -0.2) is 21.8 Å². The van der Waals surface area contributed by atoms with E-state index in [-0.39, 0.29) is 5.82 Å². The summed E-state index contributed by atoms with van der Waals surface area (Å²) < 4.78 is 15.2. The Hall–Kier alpha value is -3.77. The lowest BCUT2D eigenvalue weighted by Crippen LogP contribution is -2.25. The quantitative estimate of drug-likeness (QED) is 0.379. The highest BCUT2D eigenvalue weighted by Crippen LogP contribution is 2.21. The first-order valence-corrected chi connectivity index (χ1v) is 9.50. The van der Waals surface area contributed by atoms with Crippen LogP contribution in [0.3, 0.4) is 0 Å². The van der Waals surface area contributed by atoms with Crippen molar-refractivity contribution in [3.63, 3.8) is 0 Å². The Morgan fingerprint density at radius 1 is 1.03 bits per heavy atom. The minimum atomic E-state index is -1.29. The van der Waals surface area contributed by atoms with Gasteiger partial charge in [0.1, 0.15) is 5.82 Å². The molecule has 0 saturated heterocycles. The number of halogens is 1. The number of aliphatic hydroxyl groups is 1. The SMILES string of the molecule is O=C(N/N=C\c1cn(Cc2ccc(F)cc2)c2ccccc12)[C@@H](O)c1ccccc1. The molecular weight excluding hydrogens is 381 g/mol. The summed E-state index contributed by atoms with van der Waals surface area (Å²) in [4.78, 5) is 12.2. The minimum absolute atomic E-state index is 0.266. The van der Waals surface area contributed by atoms with E-state index in [9.17, 15) is 14.3 Å². The van der Waals surface area contributed by atoms with Crippen molar-refractivity contribution >= 4 is 23.0 Å². The van der Waals surface area contributed by atoms with Crippen molar-refractivity contribution in [2.45, 2.75) is 12.6 Å². The zero-order valence-corrected chi connectivity index (χ0v) is 16.1. The maximum Gasteiger partial charge on any atom is 0.273 e. The number of para-hydroxylation sites is 1. The molecule has 3 aromatic carbocycles. The van der Waals surface area contributed by atoms with Crippen LogP contribution in [0.25, 0.3) is 10.9 Å². The van der Waals surface area contributed by atoms with E-state index in [2.05, 4.69) is 10.5 Å². The molecule has 1 heterocycles. The van der Waals surface area contributed by atoms with Crippen LogP contribution in [0.15, 0.2) is 90.2 Å². The second-order valence-electron chi connectivity index (χ2n) is 6.90. The second kappa shape index (κ2) is 8.71. The number of aliphatic hydroxyl groups excluding tert-OH is 1. The van der Waals surface area contributed by atoms with Gasteiger partial charge in [-0.3, -0.25) is 4.79 Å². The number of rotatable bonds is 6. The van der Waals surface area contributed by atoms with E-state index in [0.717, 1.165) is 22.0 Å². The summed E-state index contributed by atoms with van der Waals surface area (Å²) in [7, 11) is 0. The van der Waals surface area contributed by atoms with Crippen molar-refractivity contribution in [3.05, 3.63) is 108 Å². The largest absolute Gasteiger partial charge is 0.378 e. The molecular formula is C24H20FN3O2. The number of aromatic nitrogens is 1. The zero-order valence-electron chi connectivity index (χ0n) is 16.1. The lowest BCUT2D eigenvalue weighted by atomic mass is 10.1. The molecule has 5 nitrogen and oxygen atoms in total. The molecule has 150 valence electrons. The van der Waals surface area contributed by atoms with Crippen LogP contribution >= 0.6 is 0 Å². The van der Waals surface area contributed by atoms with E-state index in [0.29, 0.717) is 12.1 Å². The molecule has 4 rings (SSSR count). The first kappa shape index (κ1) is 19.5. The van der Waals surface area contributed by atoms with Gasteiger partial charge in [-0.15, -0.1) is 0 Å². The van der Waals surface area contributed by atoms with Gasteiger partial charge in [0, 0.05) is 29.2 Å². The van der Waals surface area contributed by atoms with Crippen molar-refractivity contribution in [2.24, 2.45) is 5.10 Å². The Kier molecular flexibility index (Phi) is 5.68. The average Bonchev–Trinajstić information content (AvgIpc) is 3.13. The van der Waals surface area contributed by atoms with Gasteiger partial charge < -0.3 is 9.67 Å². The van der Waals surface area contributed by atoms with Crippen LogP contribution in [0, 0.1) is 5.82 Å². The van der Waals surface area contributed by atoms with E-state index in [4.69, 9.17) is 0 Å². The summed E-state index contributed by atoms with van der Waals surface area (Å²) >= 11 is 0. The Morgan fingerprint density at radius 3 is 2.50 bits per heavy atom.